The first-order valence-corrected chi connectivity index (χ1v) is 9.92. The zero-order valence-electron chi connectivity index (χ0n) is 16.2. The fourth-order valence-corrected chi connectivity index (χ4v) is 3.19. The summed E-state index contributed by atoms with van der Waals surface area (Å²) in [6.07, 6.45) is 0.305. The molecule has 0 atom stereocenters. The van der Waals surface area contributed by atoms with Crippen LogP contribution in [-0.2, 0) is 16.0 Å². The Morgan fingerprint density at radius 2 is 1.90 bits per heavy atom. The molecule has 1 aromatic heterocycles. The molecule has 0 fully saturated rings. The lowest BCUT2D eigenvalue weighted by Gasteiger charge is -2.09. The lowest BCUT2D eigenvalue weighted by Crippen LogP contribution is -2.21. The summed E-state index contributed by atoms with van der Waals surface area (Å²) < 4.78 is 6.07. The Morgan fingerprint density at radius 3 is 2.57 bits per heavy atom. The van der Waals surface area contributed by atoms with E-state index < -0.39 is 18.5 Å². The van der Waals surface area contributed by atoms with Crippen LogP contribution in [-0.4, -0.2) is 23.5 Å². The monoisotopic (exact) mass is 463 g/mol. The van der Waals surface area contributed by atoms with E-state index in [4.69, 9.17) is 10.00 Å². The minimum absolute atomic E-state index is 0.305. The number of amides is 1. The summed E-state index contributed by atoms with van der Waals surface area (Å²) in [7, 11) is 0. The maximum Gasteiger partial charge on any atom is 0.340 e. The molecular formula is C23H18BrN3O3. The third-order valence-electron chi connectivity index (χ3n) is 4.28. The average Bonchev–Trinajstić information content (AvgIpc) is 2.73. The van der Waals surface area contributed by atoms with Crippen LogP contribution in [0, 0.1) is 18.3 Å². The SMILES string of the molecule is Cc1nc(-c2cccc(Br)c2)ccc1C(=O)OCC(=O)Nc1ccc(CC#N)cc1. The smallest absolute Gasteiger partial charge is 0.340 e. The summed E-state index contributed by atoms with van der Waals surface area (Å²) in [5.74, 6) is -1.06. The number of carbonyl (C=O) groups is 2. The van der Waals surface area contributed by atoms with E-state index in [9.17, 15) is 9.59 Å². The number of halogens is 1. The highest BCUT2D eigenvalue weighted by Gasteiger charge is 2.15. The van der Waals surface area contributed by atoms with Gasteiger partial charge in [0.05, 0.1) is 29.4 Å². The van der Waals surface area contributed by atoms with Crippen LogP contribution in [0.15, 0.2) is 65.1 Å². The van der Waals surface area contributed by atoms with Crippen LogP contribution in [0.3, 0.4) is 0 Å². The number of aryl methyl sites for hydroxylation is 1. The number of pyridine rings is 1. The second kappa shape index (κ2) is 9.81. The topological polar surface area (TPSA) is 92.1 Å². The van der Waals surface area contributed by atoms with Gasteiger partial charge in [-0.1, -0.05) is 40.2 Å². The maximum atomic E-state index is 12.4. The molecule has 0 radical (unpaired) electrons. The molecule has 0 spiro atoms. The normalized spacial score (nSPS) is 10.2. The van der Waals surface area contributed by atoms with Gasteiger partial charge in [0.15, 0.2) is 6.61 Å². The largest absolute Gasteiger partial charge is 0.452 e. The van der Waals surface area contributed by atoms with Crippen LogP contribution < -0.4 is 5.32 Å². The van der Waals surface area contributed by atoms with Crippen LogP contribution in [0.4, 0.5) is 5.69 Å². The van der Waals surface area contributed by atoms with E-state index >= 15 is 0 Å². The molecule has 3 aromatic rings. The highest BCUT2D eigenvalue weighted by Crippen LogP contribution is 2.22. The number of hydrogen-bond donors (Lipinski definition) is 1. The van der Waals surface area contributed by atoms with Crippen LogP contribution in [0.2, 0.25) is 0 Å². The highest BCUT2D eigenvalue weighted by atomic mass is 79.9. The van der Waals surface area contributed by atoms with Gasteiger partial charge in [0.2, 0.25) is 0 Å². The number of rotatable bonds is 6. The molecule has 2 aromatic carbocycles. The Balaban J connectivity index is 1.59. The number of nitriles is 1. The number of anilines is 1. The molecule has 0 aliphatic rings. The van der Waals surface area contributed by atoms with Crippen LogP contribution >= 0.6 is 15.9 Å². The van der Waals surface area contributed by atoms with Crippen molar-refractivity contribution in [2.24, 2.45) is 0 Å². The molecule has 0 unspecified atom stereocenters. The molecule has 1 heterocycles. The first kappa shape index (κ1) is 21.2. The molecular weight excluding hydrogens is 446 g/mol. The molecule has 7 heteroatoms. The van der Waals surface area contributed by atoms with E-state index in [-0.39, 0.29) is 0 Å². The number of esters is 1. The summed E-state index contributed by atoms with van der Waals surface area (Å²) >= 11 is 3.43. The number of nitrogens with one attached hydrogen (secondary N) is 1. The molecule has 0 aliphatic heterocycles. The average molecular weight is 464 g/mol. The Hall–Kier alpha value is -3.50. The Morgan fingerprint density at radius 1 is 1.13 bits per heavy atom. The quantitative estimate of drug-likeness (QED) is 0.535. The number of benzene rings is 2. The predicted octanol–water partition coefficient (Wildman–Crippen LogP) is 4.68. The molecule has 6 nitrogen and oxygen atoms in total. The van der Waals surface area contributed by atoms with Gasteiger partial charge in [0.1, 0.15) is 0 Å². The van der Waals surface area contributed by atoms with Crippen molar-refractivity contribution in [2.45, 2.75) is 13.3 Å². The lowest BCUT2D eigenvalue weighted by molar-refractivity contribution is -0.119. The highest BCUT2D eigenvalue weighted by molar-refractivity contribution is 9.10. The fraction of sp³-hybridized carbons (Fsp3) is 0.130. The number of nitrogens with zero attached hydrogens (tertiary/aromatic N) is 2. The van der Waals surface area contributed by atoms with Crippen molar-refractivity contribution in [2.75, 3.05) is 11.9 Å². The molecule has 0 aliphatic carbocycles. The minimum Gasteiger partial charge on any atom is -0.452 e. The Labute approximate surface area is 182 Å². The van der Waals surface area contributed by atoms with Crippen LogP contribution in [0.25, 0.3) is 11.3 Å². The first-order valence-electron chi connectivity index (χ1n) is 9.12. The number of hydrogen-bond acceptors (Lipinski definition) is 5. The zero-order chi connectivity index (χ0) is 21.5. The predicted molar refractivity (Wildman–Crippen MR) is 117 cm³/mol. The van der Waals surface area contributed by atoms with Gasteiger partial charge in [-0.2, -0.15) is 5.26 Å². The summed E-state index contributed by atoms with van der Waals surface area (Å²) in [5, 5.41) is 11.3. The van der Waals surface area contributed by atoms with Crippen molar-refractivity contribution in [3.05, 3.63) is 82.0 Å². The van der Waals surface area contributed by atoms with Gasteiger partial charge >= 0.3 is 5.97 Å². The third kappa shape index (κ3) is 5.52. The maximum absolute atomic E-state index is 12.4. The summed E-state index contributed by atoms with van der Waals surface area (Å²) in [6, 6.07) is 20.1. The Kier molecular flexibility index (Phi) is 6.94. The number of aromatic nitrogens is 1. The fourth-order valence-electron chi connectivity index (χ4n) is 2.79. The molecule has 150 valence electrons. The lowest BCUT2D eigenvalue weighted by atomic mass is 10.1. The Bertz CT molecular complexity index is 1120. The van der Waals surface area contributed by atoms with E-state index in [2.05, 4.69) is 32.3 Å². The number of carbonyl (C=O) groups excluding carboxylic acids is 2. The van der Waals surface area contributed by atoms with Gasteiger partial charge in [-0.25, -0.2) is 4.79 Å². The second-order valence-corrected chi connectivity index (χ2v) is 7.41. The van der Waals surface area contributed by atoms with Gasteiger partial charge in [0, 0.05) is 15.7 Å². The molecule has 0 saturated carbocycles. The van der Waals surface area contributed by atoms with Crippen molar-refractivity contribution in [1.82, 2.24) is 4.98 Å². The van der Waals surface area contributed by atoms with Crippen molar-refractivity contribution < 1.29 is 14.3 Å². The van der Waals surface area contributed by atoms with Gasteiger partial charge in [-0.15, -0.1) is 0 Å². The van der Waals surface area contributed by atoms with E-state index in [0.29, 0.717) is 23.4 Å². The summed E-state index contributed by atoms with van der Waals surface area (Å²) in [5.41, 5.74) is 3.91. The van der Waals surface area contributed by atoms with E-state index in [1.54, 1.807) is 43.3 Å². The van der Waals surface area contributed by atoms with Gasteiger partial charge in [-0.05, 0) is 48.9 Å². The van der Waals surface area contributed by atoms with Gasteiger partial charge < -0.3 is 10.1 Å². The van der Waals surface area contributed by atoms with Crippen molar-refractivity contribution >= 4 is 33.5 Å². The minimum atomic E-state index is -0.611. The summed E-state index contributed by atoms with van der Waals surface area (Å²) in [6.45, 7) is 1.31. The third-order valence-corrected chi connectivity index (χ3v) is 4.77. The van der Waals surface area contributed by atoms with Crippen LogP contribution in [0.1, 0.15) is 21.6 Å². The molecule has 1 N–H and O–H groups in total. The zero-order valence-corrected chi connectivity index (χ0v) is 17.8. The standard InChI is InChI=1S/C23H18BrN3O3/c1-15-20(9-10-21(26-15)17-3-2-4-18(24)13-17)23(29)30-14-22(28)27-19-7-5-16(6-8-19)11-12-25/h2-10,13H,11,14H2,1H3,(H,27,28). The number of ether oxygens (including phenoxy) is 1. The van der Waals surface area contributed by atoms with Crippen molar-refractivity contribution in [3.8, 4) is 17.3 Å². The molecule has 1 amide bonds. The molecule has 30 heavy (non-hydrogen) atoms. The second-order valence-electron chi connectivity index (χ2n) is 6.50. The first-order chi connectivity index (χ1) is 14.5. The van der Waals surface area contributed by atoms with Gasteiger partial charge in [-0.3, -0.25) is 9.78 Å². The molecule has 0 bridgehead atoms. The summed E-state index contributed by atoms with van der Waals surface area (Å²) in [4.78, 5) is 28.9. The van der Waals surface area contributed by atoms with Crippen molar-refractivity contribution in [1.29, 1.82) is 5.26 Å². The molecule has 0 saturated heterocycles. The van der Waals surface area contributed by atoms with Gasteiger partial charge in [0.25, 0.3) is 5.91 Å². The van der Waals surface area contributed by atoms with E-state index in [0.717, 1.165) is 21.3 Å². The molecule has 3 rings (SSSR count). The van der Waals surface area contributed by atoms with Crippen LogP contribution in [0.5, 0.6) is 0 Å². The van der Waals surface area contributed by atoms with Crippen molar-refractivity contribution in [3.63, 3.8) is 0 Å². The van der Waals surface area contributed by atoms with E-state index in [1.807, 2.05) is 24.3 Å². The van der Waals surface area contributed by atoms with E-state index in [1.165, 1.54) is 0 Å².